The summed E-state index contributed by atoms with van der Waals surface area (Å²) in [6, 6.07) is 3.64. The molecule has 0 saturated carbocycles. The Hall–Kier alpha value is -2.36. The average molecular weight is 246 g/mol. The first kappa shape index (κ1) is 13.7. The van der Waals surface area contributed by atoms with Crippen LogP contribution in [0, 0.1) is 13.8 Å². The Labute approximate surface area is 105 Å². The highest BCUT2D eigenvalue weighted by atomic mass is 16.4. The van der Waals surface area contributed by atoms with E-state index in [4.69, 9.17) is 10.2 Å². The second kappa shape index (κ2) is 5.82. The van der Waals surface area contributed by atoms with E-state index < -0.39 is 11.9 Å². The molecular weight excluding hydrogens is 232 g/mol. The van der Waals surface area contributed by atoms with Gasteiger partial charge in [0.05, 0.1) is 0 Å². The Balaban J connectivity index is 3.22. The van der Waals surface area contributed by atoms with Crippen molar-refractivity contribution < 1.29 is 19.8 Å². The molecule has 0 bridgehead atoms. The van der Waals surface area contributed by atoms with Gasteiger partial charge in [-0.25, -0.2) is 9.59 Å². The summed E-state index contributed by atoms with van der Waals surface area (Å²) in [5, 5.41) is 17.2. The lowest BCUT2D eigenvalue weighted by molar-refractivity contribution is -0.132. The van der Waals surface area contributed by atoms with Crippen LogP contribution in [0.1, 0.15) is 22.3 Å². The fourth-order valence-electron chi connectivity index (χ4n) is 1.63. The Morgan fingerprint density at radius 3 is 2.11 bits per heavy atom. The second-order valence-electron chi connectivity index (χ2n) is 3.85. The molecular formula is C14H14O4. The van der Waals surface area contributed by atoms with Crippen LogP contribution in [-0.4, -0.2) is 22.2 Å². The van der Waals surface area contributed by atoms with E-state index in [9.17, 15) is 9.59 Å². The van der Waals surface area contributed by atoms with Crippen molar-refractivity contribution in [2.75, 3.05) is 0 Å². The number of benzene rings is 1. The maximum absolute atomic E-state index is 10.5. The van der Waals surface area contributed by atoms with Crippen LogP contribution in [0.5, 0.6) is 0 Å². The minimum absolute atomic E-state index is 0.757. The molecule has 0 unspecified atom stereocenters. The molecule has 0 radical (unpaired) electrons. The fraction of sp³-hybridized carbons (Fsp3) is 0.143. The summed E-state index contributed by atoms with van der Waals surface area (Å²) < 4.78 is 0. The summed E-state index contributed by atoms with van der Waals surface area (Å²) in [4.78, 5) is 21.0. The van der Waals surface area contributed by atoms with Crippen molar-refractivity contribution in [3.05, 3.63) is 46.5 Å². The van der Waals surface area contributed by atoms with Gasteiger partial charge in [0.2, 0.25) is 0 Å². The van der Waals surface area contributed by atoms with Crippen LogP contribution in [0.2, 0.25) is 0 Å². The number of carboxylic acids is 2. The maximum atomic E-state index is 10.5. The molecule has 0 spiro atoms. The van der Waals surface area contributed by atoms with Gasteiger partial charge in [-0.15, -0.1) is 0 Å². The van der Waals surface area contributed by atoms with E-state index in [2.05, 4.69) is 0 Å². The molecule has 0 fully saturated rings. The van der Waals surface area contributed by atoms with Crippen LogP contribution in [0.4, 0.5) is 0 Å². The van der Waals surface area contributed by atoms with Crippen LogP contribution in [0.25, 0.3) is 12.2 Å². The predicted molar refractivity (Wildman–Crippen MR) is 69.3 cm³/mol. The van der Waals surface area contributed by atoms with E-state index in [1.165, 1.54) is 12.2 Å². The number of hydrogen-bond acceptors (Lipinski definition) is 2. The molecule has 0 aromatic heterocycles. The molecule has 0 aliphatic carbocycles. The van der Waals surface area contributed by atoms with Gasteiger partial charge >= 0.3 is 11.9 Å². The van der Waals surface area contributed by atoms with Gasteiger partial charge in [-0.2, -0.15) is 0 Å². The van der Waals surface area contributed by atoms with E-state index in [0.29, 0.717) is 0 Å². The third-order valence-corrected chi connectivity index (χ3v) is 2.57. The van der Waals surface area contributed by atoms with Crippen molar-refractivity contribution in [1.29, 1.82) is 0 Å². The number of rotatable bonds is 4. The van der Waals surface area contributed by atoms with E-state index in [1.54, 1.807) is 0 Å². The summed E-state index contributed by atoms with van der Waals surface area (Å²) in [6.45, 7) is 3.70. The fourth-order valence-corrected chi connectivity index (χ4v) is 1.63. The maximum Gasteiger partial charge on any atom is 0.328 e. The first-order chi connectivity index (χ1) is 8.41. The zero-order valence-electron chi connectivity index (χ0n) is 10.2. The second-order valence-corrected chi connectivity index (χ2v) is 3.85. The lowest BCUT2D eigenvalue weighted by Gasteiger charge is -2.08. The van der Waals surface area contributed by atoms with Crippen molar-refractivity contribution in [1.82, 2.24) is 0 Å². The van der Waals surface area contributed by atoms with Crippen LogP contribution in [-0.2, 0) is 9.59 Å². The minimum atomic E-state index is -1.02. The normalized spacial score (nSPS) is 11.2. The molecule has 0 saturated heterocycles. The zero-order valence-corrected chi connectivity index (χ0v) is 10.2. The average Bonchev–Trinajstić information content (AvgIpc) is 2.27. The Morgan fingerprint density at radius 2 is 1.56 bits per heavy atom. The molecule has 0 aliphatic heterocycles. The van der Waals surface area contributed by atoms with Gasteiger partial charge in [0.25, 0.3) is 0 Å². The van der Waals surface area contributed by atoms with Gasteiger partial charge in [-0.05, 0) is 48.3 Å². The smallest absolute Gasteiger partial charge is 0.328 e. The summed E-state index contributed by atoms with van der Waals surface area (Å²) in [5.74, 6) is -2.03. The summed E-state index contributed by atoms with van der Waals surface area (Å²) >= 11 is 0. The molecule has 0 aliphatic rings. The number of carbonyl (C=O) groups is 2. The number of carboxylic acid groups (broad SMARTS) is 2. The number of aliphatic carboxylic acids is 2. The Bertz CT molecular complexity index is 539. The SMILES string of the molecule is Cc1ccc(/C=C/C(=O)O)c(C)c1/C=C/C(=O)O. The first-order valence-corrected chi connectivity index (χ1v) is 5.34. The van der Waals surface area contributed by atoms with Crippen molar-refractivity contribution in [3.8, 4) is 0 Å². The topological polar surface area (TPSA) is 74.6 Å². The first-order valence-electron chi connectivity index (χ1n) is 5.34. The van der Waals surface area contributed by atoms with E-state index >= 15 is 0 Å². The molecule has 94 valence electrons. The highest BCUT2D eigenvalue weighted by molar-refractivity contribution is 5.88. The van der Waals surface area contributed by atoms with E-state index in [1.807, 2.05) is 26.0 Å². The van der Waals surface area contributed by atoms with Crippen molar-refractivity contribution >= 4 is 24.1 Å². The third kappa shape index (κ3) is 3.59. The van der Waals surface area contributed by atoms with Crippen molar-refractivity contribution in [2.24, 2.45) is 0 Å². The van der Waals surface area contributed by atoms with Crippen molar-refractivity contribution in [2.45, 2.75) is 13.8 Å². The highest BCUT2D eigenvalue weighted by Crippen LogP contribution is 2.20. The predicted octanol–water partition coefficient (Wildman–Crippen LogP) is 2.50. The lowest BCUT2D eigenvalue weighted by atomic mass is 9.97. The van der Waals surface area contributed by atoms with Gasteiger partial charge in [0.1, 0.15) is 0 Å². The van der Waals surface area contributed by atoms with Gasteiger partial charge < -0.3 is 10.2 Å². The zero-order chi connectivity index (χ0) is 13.7. The van der Waals surface area contributed by atoms with E-state index in [0.717, 1.165) is 34.4 Å². The Morgan fingerprint density at radius 1 is 1.00 bits per heavy atom. The molecule has 2 N–H and O–H groups in total. The Kier molecular flexibility index (Phi) is 4.43. The van der Waals surface area contributed by atoms with Gasteiger partial charge in [-0.3, -0.25) is 0 Å². The van der Waals surface area contributed by atoms with Crippen LogP contribution >= 0.6 is 0 Å². The monoisotopic (exact) mass is 246 g/mol. The van der Waals surface area contributed by atoms with Crippen LogP contribution in [0.15, 0.2) is 24.3 Å². The summed E-state index contributed by atoms with van der Waals surface area (Å²) in [6.07, 6.45) is 5.14. The largest absolute Gasteiger partial charge is 0.478 e. The molecule has 0 atom stereocenters. The molecule has 1 rings (SSSR count). The summed E-state index contributed by atoms with van der Waals surface area (Å²) in [7, 11) is 0. The number of hydrogen-bond donors (Lipinski definition) is 2. The van der Waals surface area contributed by atoms with Gasteiger partial charge in [0, 0.05) is 12.2 Å². The minimum Gasteiger partial charge on any atom is -0.478 e. The molecule has 1 aromatic carbocycles. The summed E-state index contributed by atoms with van der Waals surface area (Å²) in [5.41, 5.74) is 3.35. The molecule has 18 heavy (non-hydrogen) atoms. The lowest BCUT2D eigenvalue weighted by Crippen LogP contribution is -1.93. The number of aryl methyl sites for hydroxylation is 1. The van der Waals surface area contributed by atoms with E-state index in [-0.39, 0.29) is 0 Å². The van der Waals surface area contributed by atoms with Gasteiger partial charge in [-0.1, -0.05) is 12.1 Å². The molecule has 1 aromatic rings. The van der Waals surface area contributed by atoms with Crippen LogP contribution in [0.3, 0.4) is 0 Å². The van der Waals surface area contributed by atoms with Gasteiger partial charge in [0.15, 0.2) is 0 Å². The quantitative estimate of drug-likeness (QED) is 0.800. The van der Waals surface area contributed by atoms with Crippen molar-refractivity contribution in [3.63, 3.8) is 0 Å². The molecule has 0 heterocycles. The molecule has 0 amide bonds. The van der Waals surface area contributed by atoms with Crippen LogP contribution < -0.4 is 0 Å². The highest BCUT2D eigenvalue weighted by Gasteiger charge is 2.04. The third-order valence-electron chi connectivity index (χ3n) is 2.57. The molecule has 4 nitrogen and oxygen atoms in total. The standard InChI is InChI=1S/C14H14O4/c1-9-3-4-11(5-7-13(15)16)10(2)12(9)6-8-14(17)18/h3-8H,1-2H3,(H,15,16)(H,17,18)/b7-5+,8-6+. The molecule has 4 heteroatoms.